The zero-order chi connectivity index (χ0) is 23.7. The Labute approximate surface area is 200 Å². The number of anilines is 1. The van der Waals surface area contributed by atoms with Crippen LogP contribution < -0.4 is 15.0 Å². The number of rotatable bonds is 6. The maximum Gasteiger partial charge on any atom is 0.251 e. The number of ether oxygens (including phenoxy) is 1. The average Bonchev–Trinajstić information content (AvgIpc) is 3.42. The van der Waals surface area contributed by atoms with Crippen molar-refractivity contribution in [3.05, 3.63) is 94.7 Å². The number of aliphatic hydroxyl groups excluding tert-OH is 1. The Bertz CT molecular complexity index is 1390. The van der Waals surface area contributed by atoms with E-state index >= 15 is 0 Å². The minimum absolute atomic E-state index is 0.0958. The molecule has 34 heavy (non-hydrogen) atoms. The molecule has 1 amide bonds. The molecular formula is C26H22N4O3S. The van der Waals surface area contributed by atoms with Crippen LogP contribution in [-0.2, 0) is 6.54 Å². The Hall–Kier alpha value is -4.17. The summed E-state index contributed by atoms with van der Waals surface area (Å²) in [4.78, 5) is 19.0. The number of hydrogen-bond acceptors (Lipinski definition) is 6. The molecule has 0 saturated carbocycles. The largest absolute Gasteiger partial charge is 0.510 e. The van der Waals surface area contributed by atoms with E-state index < -0.39 is 0 Å². The number of fused-ring (bicyclic) bond motifs is 1. The molecule has 0 saturated heterocycles. The van der Waals surface area contributed by atoms with E-state index in [2.05, 4.69) is 10.3 Å². The number of carbonyl (C=O) groups is 1. The van der Waals surface area contributed by atoms with Crippen molar-refractivity contribution in [2.45, 2.75) is 6.54 Å². The zero-order valence-corrected chi connectivity index (χ0v) is 19.2. The van der Waals surface area contributed by atoms with Gasteiger partial charge in [0.15, 0.2) is 0 Å². The molecule has 3 aromatic carbocycles. The first-order valence-electron chi connectivity index (χ1n) is 10.7. The van der Waals surface area contributed by atoms with E-state index in [1.54, 1.807) is 30.2 Å². The van der Waals surface area contributed by atoms with Gasteiger partial charge in [0.1, 0.15) is 22.4 Å². The summed E-state index contributed by atoms with van der Waals surface area (Å²) >= 11 is 1.45. The normalized spacial score (nSPS) is 13.6. The molecule has 7 nitrogen and oxygen atoms in total. The van der Waals surface area contributed by atoms with Crippen molar-refractivity contribution >= 4 is 44.6 Å². The first-order valence-corrected chi connectivity index (χ1v) is 11.5. The van der Waals surface area contributed by atoms with Gasteiger partial charge in [-0.15, -0.1) is 11.3 Å². The third-order valence-corrected chi connectivity index (χ3v) is 6.70. The van der Waals surface area contributed by atoms with Crippen LogP contribution in [0.15, 0.2) is 78.6 Å². The predicted octanol–water partition coefficient (Wildman–Crippen LogP) is 5.00. The van der Waals surface area contributed by atoms with Crippen LogP contribution in [0.4, 0.5) is 5.69 Å². The highest BCUT2D eigenvalue weighted by Gasteiger charge is 2.31. The summed E-state index contributed by atoms with van der Waals surface area (Å²) < 4.78 is 6.16. The van der Waals surface area contributed by atoms with Crippen molar-refractivity contribution in [2.24, 2.45) is 0 Å². The van der Waals surface area contributed by atoms with Crippen LogP contribution in [0.25, 0.3) is 15.8 Å². The molecule has 0 aliphatic carbocycles. The molecule has 5 rings (SSSR count). The van der Waals surface area contributed by atoms with Crippen molar-refractivity contribution in [1.29, 1.82) is 5.41 Å². The van der Waals surface area contributed by atoms with E-state index in [-0.39, 0.29) is 24.0 Å². The molecular weight excluding hydrogens is 448 g/mol. The molecule has 0 fully saturated rings. The Balaban J connectivity index is 1.32. The van der Waals surface area contributed by atoms with Gasteiger partial charge in [0, 0.05) is 17.8 Å². The number of aliphatic hydroxyl groups is 1. The minimum Gasteiger partial charge on any atom is -0.510 e. The van der Waals surface area contributed by atoms with E-state index in [0.717, 1.165) is 21.5 Å². The number of benzene rings is 3. The number of carbonyl (C=O) groups excluding carboxylic acids is 1. The molecule has 0 spiro atoms. The van der Waals surface area contributed by atoms with Gasteiger partial charge in [-0.1, -0.05) is 30.3 Å². The molecule has 1 aliphatic rings. The summed E-state index contributed by atoms with van der Waals surface area (Å²) in [5, 5.41) is 22.9. The number of thiazole rings is 1. The predicted molar refractivity (Wildman–Crippen MR) is 135 cm³/mol. The molecule has 1 aliphatic heterocycles. The highest BCUT2D eigenvalue weighted by atomic mass is 32.1. The number of hydrogen-bond donors (Lipinski definition) is 3. The Morgan fingerprint density at radius 3 is 2.71 bits per heavy atom. The van der Waals surface area contributed by atoms with Crippen molar-refractivity contribution in [1.82, 2.24) is 10.3 Å². The van der Waals surface area contributed by atoms with E-state index in [0.29, 0.717) is 28.4 Å². The molecule has 0 unspecified atom stereocenters. The molecule has 0 radical (unpaired) electrons. The highest BCUT2D eigenvalue weighted by Crippen LogP contribution is 2.35. The minimum atomic E-state index is -0.216. The van der Waals surface area contributed by atoms with Gasteiger partial charge in [0.05, 0.1) is 29.4 Å². The fourth-order valence-electron chi connectivity index (χ4n) is 3.85. The van der Waals surface area contributed by atoms with E-state index in [1.807, 2.05) is 54.6 Å². The quantitative estimate of drug-likeness (QED) is 0.368. The summed E-state index contributed by atoms with van der Waals surface area (Å²) in [5.41, 5.74) is 3.36. The van der Waals surface area contributed by atoms with Crippen LogP contribution in [0.2, 0.25) is 0 Å². The van der Waals surface area contributed by atoms with Gasteiger partial charge in [0.25, 0.3) is 5.91 Å². The summed E-state index contributed by atoms with van der Waals surface area (Å²) in [6.45, 7) is 0.539. The topological polar surface area (TPSA) is 98.5 Å². The first-order chi connectivity index (χ1) is 16.5. The van der Waals surface area contributed by atoms with Crippen molar-refractivity contribution < 1.29 is 14.6 Å². The maximum absolute atomic E-state index is 12.8. The molecule has 1 aromatic heterocycles. The van der Waals surface area contributed by atoms with Gasteiger partial charge >= 0.3 is 0 Å². The first kappa shape index (κ1) is 21.7. The smallest absolute Gasteiger partial charge is 0.251 e. The summed E-state index contributed by atoms with van der Waals surface area (Å²) in [7, 11) is 1.61. The van der Waals surface area contributed by atoms with Gasteiger partial charge in [-0.05, 0) is 48.0 Å². The SMILES string of the molecule is COc1ccc(CNC(=O)c2cccc(N3CC(O)=C(c4nc5ccccc5s4)C3=N)c2)cc1. The van der Waals surface area contributed by atoms with Crippen LogP contribution in [0, 0.1) is 5.41 Å². The van der Waals surface area contributed by atoms with Gasteiger partial charge in [-0.2, -0.15) is 0 Å². The third kappa shape index (κ3) is 4.11. The van der Waals surface area contributed by atoms with Crippen molar-refractivity contribution in [3.8, 4) is 5.75 Å². The zero-order valence-electron chi connectivity index (χ0n) is 18.4. The average molecular weight is 471 g/mol. The molecule has 2 heterocycles. The number of amidine groups is 1. The monoisotopic (exact) mass is 470 g/mol. The standard InChI is InChI=1S/C26H22N4O3S/c1-33-19-11-9-16(10-12-19)14-28-25(32)17-5-4-6-18(13-17)30-15-21(31)23(24(30)27)26-29-20-7-2-3-8-22(20)34-26/h2-13,27,31H,14-15H2,1H3,(H,28,32). The fraction of sp³-hybridized carbons (Fsp3) is 0.115. The highest BCUT2D eigenvalue weighted by molar-refractivity contribution is 7.19. The third-order valence-electron chi connectivity index (χ3n) is 5.64. The number of nitrogens with zero attached hydrogens (tertiary/aromatic N) is 2. The number of aromatic nitrogens is 1. The van der Waals surface area contributed by atoms with Gasteiger partial charge in [-0.3, -0.25) is 10.2 Å². The molecule has 0 bridgehead atoms. The van der Waals surface area contributed by atoms with Crippen LogP contribution in [-0.4, -0.2) is 35.5 Å². The second-order valence-corrected chi connectivity index (χ2v) is 8.85. The molecule has 170 valence electrons. The van der Waals surface area contributed by atoms with Crippen LogP contribution in [0.1, 0.15) is 20.9 Å². The molecule has 3 N–H and O–H groups in total. The Morgan fingerprint density at radius 2 is 1.94 bits per heavy atom. The van der Waals surface area contributed by atoms with E-state index in [9.17, 15) is 9.90 Å². The van der Waals surface area contributed by atoms with Gasteiger partial charge in [-0.25, -0.2) is 4.98 Å². The Kier molecular flexibility index (Phi) is 5.73. The maximum atomic E-state index is 12.8. The lowest BCUT2D eigenvalue weighted by molar-refractivity contribution is 0.0951. The lowest BCUT2D eigenvalue weighted by Crippen LogP contribution is -2.27. The second-order valence-electron chi connectivity index (χ2n) is 7.82. The molecule has 0 atom stereocenters. The van der Waals surface area contributed by atoms with Crippen molar-refractivity contribution in [3.63, 3.8) is 0 Å². The molecule has 4 aromatic rings. The number of para-hydroxylation sites is 1. The van der Waals surface area contributed by atoms with Gasteiger partial charge in [0.2, 0.25) is 0 Å². The van der Waals surface area contributed by atoms with Crippen LogP contribution in [0.3, 0.4) is 0 Å². The lowest BCUT2D eigenvalue weighted by Gasteiger charge is -2.19. The number of nitrogens with one attached hydrogen (secondary N) is 2. The van der Waals surface area contributed by atoms with Crippen LogP contribution in [0.5, 0.6) is 5.75 Å². The number of methoxy groups -OCH3 is 1. The second kappa shape index (κ2) is 8.99. The van der Waals surface area contributed by atoms with E-state index in [1.165, 1.54) is 11.3 Å². The van der Waals surface area contributed by atoms with Crippen molar-refractivity contribution in [2.75, 3.05) is 18.6 Å². The summed E-state index contributed by atoms with van der Waals surface area (Å²) in [6, 6.07) is 22.3. The lowest BCUT2D eigenvalue weighted by atomic mass is 10.1. The van der Waals surface area contributed by atoms with Crippen LogP contribution >= 0.6 is 11.3 Å². The molecule has 8 heteroatoms. The number of amides is 1. The fourth-order valence-corrected chi connectivity index (χ4v) is 4.88. The summed E-state index contributed by atoms with van der Waals surface area (Å²) in [6.07, 6.45) is 0. The van der Waals surface area contributed by atoms with Gasteiger partial charge < -0.3 is 20.1 Å². The summed E-state index contributed by atoms with van der Waals surface area (Å²) in [5.74, 6) is 0.802. The Morgan fingerprint density at radius 1 is 1.15 bits per heavy atom. The van der Waals surface area contributed by atoms with E-state index in [4.69, 9.17) is 10.1 Å².